The van der Waals surface area contributed by atoms with E-state index in [9.17, 15) is 13.0 Å². The molecule has 9 nitrogen and oxygen atoms in total. The average Bonchev–Trinajstić information content (AvgIpc) is 3.37. The highest BCUT2D eigenvalue weighted by atomic mass is 32.2. The summed E-state index contributed by atoms with van der Waals surface area (Å²) in [6.07, 6.45) is 1.62. The molecular formula is C30H32N2O7S. The molecule has 4 aromatic rings. The molecule has 0 aromatic heterocycles. The predicted molar refractivity (Wildman–Crippen MR) is 154 cm³/mol. The Hall–Kier alpha value is -3.73. The fourth-order valence-corrected chi connectivity index (χ4v) is 7.08. The summed E-state index contributed by atoms with van der Waals surface area (Å²) < 4.78 is 55.9. The standard InChI is InChI=1S/C30H32N2O7S/c1-36-27-10-21-20-8-17-7-16(19-9-18(40(33,34)35)5-6-26(19)31)14-32(17)15-25(20)24-13-30(39-4)29(38-3)12-23(24)22(21)11-28(27)37-2/h5-6,9-13,16-17H,7-8,14-15,31H2,1-4H3,(H,33,34,35). The summed E-state index contributed by atoms with van der Waals surface area (Å²) in [4.78, 5) is 2.30. The highest BCUT2D eigenvalue weighted by Crippen LogP contribution is 2.48. The lowest BCUT2D eigenvalue weighted by Gasteiger charge is -2.33. The van der Waals surface area contributed by atoms with Gasteiger partial charge in [0, 0.05) is 30.7 Å². The van der Waals surface area contributed by atoms with Crippen LogP contribution in [0.5, 0.6) is 23.0 Å². The van der Waals surface area contributed by atoms with E-state index in [2.05, 4.69) is 11.0 Å². The molecule has 0 radical (unpaired) electrons. The Balaban J connectivity index is 1.51. The fourth-order valence-electron chi connectivity index (χ4n) is 6.56. The number of nitrogens with zero attached hydrogens (tertiary/aromatic N) is 1. The van der Waals surface area contributed by atoms with Crippen molar-refractivity contribution in [3.63, 3.8) is 0 Å². The van der Waals surface area contributed by atoms with Crippen molar-refractivity contribution in [1.82, 2.24) is 4.90 Å². The van der Waals surface area contributed by atoms with E-state index < -0.39 is 10.1 Å². The van der Waals surface area contributed by atoms with Gasteiger partial charge < -0.3 is 24.7 Å². The van der Waals surface area contributed by atoms with Crippen LogP contribution in [-0.2, 0) is 23.1 Å². The number of nitrogens with two attached hydrogens (primary N) is 1. The van der Waals surface area contributed by atoms with Gasteiger partial charge in [-0.1, -0.05) is 0 Å². The minimum Gasteiger partial charge on any atom is -0.493 e. The lowest BCUT2D eigenvalue weighted by Crippen LogP contribution is -2.35. The smallest absolute Gasteiger partial charge is 0.294 e. The first kappa shape index (κ1) is 26.5. The molecule has 1 fully saturated rings. The van der Waals surface area contributed by atoms with Crippen LogP contribution in [0.4, 0.5) is 5.69 Å². The summed E-state index contributed by atoms with van der Waals surface area (Å²) in [6, 6.07) is 12.8. The van der Waals surface area contributed by atoms with E-state index in [-0.39, 0.29) is 16.9 Å². The molecule has 3 N–H and O–H groups in total. The molecule has 0 bridgehead atoms. The van der Waals surface area contributed by atoms with Gasteiger partial charge in [-0.2, -0.15) is 8.42 Å². The Morgan fingerprint density at radius 1 is 0.800 bits per heavy atom. The molecule has 6 rings (SSSR count). The largest absolute Gasteiger partial charge is 0.493 e. The van der Waals surface area contributed by atoms with Crippen LogP contribution in [-0.4, -0.2) is 58.9 Å². The van der Waals surface area contributed by atoms with E-state index in [4.69, 9.17) is 24.7 Å². The van der Waals surface area contributed by atoms with Gasteiger partial charge in [0.05, 0.1) is 33.3 Å². The third-order valence-corrected chi connectivity index (χ3v) is 9.33. The van der Waals surface area contributed by atoms with Gasteiger partial charge in [-0.25, -0.2) is 0 Å². The Bertz CT molecular complexity index is 1680. The van der Waals surface area contributed by atoms with Gasteiger partial charge in [-0.3, -0.25) is 9.45 Å². The Labute approximate surface area is 233 Å². The van der Waals surface area contributed by atoms with Crippen LogP contribution in [0.2, 0.25) is 0 Å². The van der Waals surface area contributed by atoms with Crippen molar-refractivity contribution in [3.05, 3.63) is 59.2 Å². The number of nitrogen functional groups attached to an aromatic ring is 1. The topological polar surface area (TPSA) is 121 Å². The first-order chi connectivity index (χ1) is 19.2. The molecule has 2 atom stereocenters. The normalized spacial score (nSPS) is 18.9. The fraction of sp³-hybridized carbons (Fsp3) is 0.333. The van der Waals surface area contributed by atoms with Crippen molar-refractivity contribution in [3.8, 4) is 23.0 Å². The summed E-state index contributed by atoms with van der Waals surface area (Å²) in [5.74, 6) is 2.66. The zero-order valence-electron chi connectivity index (χ0n) is 22.9. The maximum Gasteiger partial charge on any atom is 0.294 e. The van der Waals surface area contributed by atoms with Gasteiger partial charge in [0.2, 0.25) is 0 Å². The molecule has 0 aliphatic carbocycles. The van der Waals surface area contributed by atoms with Gasteiger partial charge in [-0.15, -0.1) is 0 Å². The second-order valence-electron chi connectivity index (χ2n) is 10.4. The summed E-state index contributed by atoms with van der Waals surface area (Å²) >= 11 is 0. The highest BCUT2D eigenvalue weighted by Gasteiger charge is 2.38. The van der Waals surface area contributed by atoms with Crippen LogP contribution in [0.1, 0.15) is 29.0 Å². The van der Waals surface area contributed by atoms with Crippen LogP contribution in [0.3, 0.4) is 0 Å². The summed E-state index contributed by atoms with van der Waals surface area (Å²) in [6.45, 7) is 1.44. The van der Waals surface area contributed by atoms with Crippen LogP contribution < -0.4 is 24.7 Å². The molecule has 10 heteroatoms. The molecule has 2 unspecified atom stereocenters. The average molecular weight is 565 g/mol. The maximum absolute atomic E-state index is 11.8. The zero-order chi connectivity index (χ0) is 28.3. The monoisotopic (exact) mass is 564 g/mol. The van der Waals surface area contributed by atoms with Crippen LogP contribution >= 0.6 is 0 Å². The molecule has 0 amide bonds. The van der Waals surface area contributed by atoms with Gasteiger partial charge >= 0.3 is 0 Å². The Kier molecular flexibility index (Phi) is 6.44. The first-order valence-electron chi connectivity index (χ1n) is 13.0. The van der Waals surface area contributed by atoms with E-state index in [1.807, 2.05) is 18.2 Å². The molecule has 2 heterocycles. The van der Waals surface area contributed by atoms with Crippen molar-refractivity contribution in [1.29, 1.82) is 0 Å². The molecule has 210 valence electrons. The first-order valence-corrected chi connectivity index (χ1v) is 14.5. The third-order valence-electron chi connectivity index (χ3n) is 8.48. The van der Waals surface area contributed by atoms with Crippen LogP contribution in [0.25, 0.3) is 21.5 Å². The molecule has 4 aromatic carbocycles. The lowest BCUT2D eigenvalue weighted by atomic mass is 9.84. The third kappa shape index (κ3) is 4.18. The number of anilines is 1. The van der Waals surface area contributed by atoms with Crippen molar-refractivity contribution < 1.29 is 31.9 Å². The minimum absolute atomic E-state index is 0.0304. The van der Waals surface area contributed by atoms with E-state index in [1.165, 1.54) is 23.3 Å². The maximum atomic E-state index is 11.8. The second kappa shape index (κ2) is 9.72. The highest BCUT2D eigenvalue weighted by molar-refractivity contribution is 7.85. The zero-order valence-corrected chi connectivity index (χ0v) is 23.7. The predicted octanol–water partition coefficient (Wildman–Crippen LogP) is 4.77. The summed E-state index contributed by atoms with van der Waals surface area (Å²) in [5, 5.41) is 4.26. The SMILES string of the molecule is COc1cc2c3c(c4cc(OC)c(OC)cc4c2cc1OC)CN1CC(c2cc(S(=O)(=O)O)ccc2N)CC1C3. The molecule has 2 aliphatic rings. The van der Waals surface area contributed by atoms with Gasteiger partial charge in [0.15, 0.2) is 23.0 Å². The number of rotatable bonds is 6. The summed E-state index contributed by atoms with van der Waals surface area (Å²) in [7, 11) is 2.21. The molecule has 2 aliphatic heterocycles. The van der Waals surface area contributed by atoms with E-state index in [0.717, 1.165) is 46.5 Å². The Morgan fingerprint density at radius 2 is 1.32 bits per heavy atom. The number of hydrogen-bond donors (Lipinski definition) is 2. The minimum atomic E-state index is -4.33. The van der Waals surface area contributed by atoms with Crippen LogP contribution in [0, 0.1) is 0 Å². The quantitative estimate of drug-likeness (QED) is 0.194. The molecular weight excluding hydrogens is 532 g/mol. The van der Waals surface area contributed by atoms with Crippen molar-refractivity contribution in [2.24, 2.45) is 0 Å². The van der Waals surface area contributed by atoms with E-state index in [1.54, 1.807) is 34.5 Å². The molecule has 1 saturated heterocycles. The number of benzene rings is 4. The number of fused-ring (bicyclic) bond motifs is 7. The molecule has 0 spiro atoms. The van der Waals surface area contributed by atoms with Gasteiger partial charge in [0.25, 0.3) is 10.1 Å². The second-order valence-corrected chi connectivity index (χ2v) is 11.9. The molecule has 0 saturated carbocycles. The summed E-state index contributed by atoms with van der Waals surface area (Å²) in [5.41, 5.74) is 10.0. The van der Waals surface area contributed by atoms with Gasteiger partial charge in [-0.05, 0) is 93.5 Å². The number of hydrogen-bond acceptors (Lipinski definition) is 8. The van der Waals surface area contributed by atoms with Crippen molar-refractivity contribution in [2.45, 2.75) is 36.2 Å². The Morgan fingerprint density at radius 3 is 1.85 bits per heavy atom. The van der Waals surface area contributed by atoms with E-state index >= 15 is 0 Å². The van der Waals surface area contributed by atoms with E-state index in [0.29, 0.717) is 35.2 Å². The van der Waals surface area contributed by atoms with Crippen LogP contribution in [0.15, 0.2) is 47.4 Å². The van der Waals surface area contributed by atoms with Gasteiger partial charge in [0.1, 0.15) is 0 Å². The number of methoxy groups -OCH3 is 4. The lowest BCUT2D eigenvalue weighted by molar-refractivity contribution is 0.228. The number of ether oxygens (including phenoxy) is 4. The van der Waals surface area contributed by atoms with Crippen molar-refractivity contribution in [2.75, 3.05) is 40.7 Å². The van der Waals surface area contributed by atoms with Crippen molar-refractivity contribution >= 4 is 37.4 Å². The molecule has 40 heavy (non-hydrogen) atoms.